The average Bonchev–Trinajstić information content (AvgIpc) is 2.42. The summed E-state index contributed by atoms with van der Waals surface area (Å²) in [5.41, 5.74) is 2.06. The maximum absolute atomic E-state index is 6.11. The van der Waals surface area contributed by atoms with Crippen molar-refractivity contribution >= 4 is 33.3 Å². The Bertz CT molecular complexity index is 587. The Morgan fingerprint density at radius 1 is 1.26 bits per heavy atom. The lowest BCUT2D eigenvalue weighted by Gasteiger charge is -2.11. The lowest BCUT2D eigenvalue weighted by Crippen LogP contribution is -2.07. The molecule has 0 amide bonds. The summed E-state index contributed by atoms with van der Waals surface area (Å²) in [6.07, 6.45) is 0.768. The molecule has 0 fully saturated rings. The molecule has 1 aromatic heterocycles. The number of hydrogen-bond donors (Lipinski definition) is 1. The molecule has 0 bridgehead atoms. The first-order valence-corrected chi connectivity index (χ1v) is 7.29. The van der Waals surface area contributed by atoms with E-state index >= 15 is 0 Å². The van der Waals surface area contributed by atoms with Gasteiger partial charge < -0.3 is 5.32 Å². The van der Waals surface area contributed by atoms with Crippen LogP contribution in [0.15, 0.2) is 28.7 Å². The lowest BCUT2D eigenvalue weighted by atomic mass is 10.2. The first-order valence-electron chi connectivity index (χ1n) is 6.12. The molecule has 0 saturated carbocycles. The molecule has 1 heterocycles. The van der Waals surface area contributed by atoms with Crippen LogP contribution in [0.4, 0.5) is 5.82 Å². The summed E-state index contributed by atoms with van der Waals surface area (Å²) in [4.78, 5) is 8.70. The van der Waals surface area contributed by atoms with Crippen molar-refractivity contribution in [2.45, 2.75) is 26.8 Å². The molecule has 0 atom stereocenters. The second-order valence-electron chi connectivity index (χ2n) is 4.20. The van der Waals surface area contributed by atoms with Gasteiger partial charge in [-0.15, -0.1) is 0 Å². The summed E-state index contributed by atoms with van der Waals surface area (Å²) in [5, 5.41) is 3.84. The molecule has 1 aromatic carbocycles. The van der Waals surface area contributed by atoms with Crippen molar-refractivity contribution in [3.63, 3.8) is 0 Å². The van der Waals surface area contributed by atoms with Gasteiger partial charge in [0.25, 0.3) is 0 Å². The largest absolute Gasteiger partial charge is 0.366 e. The average molecular weight is 341 g/mol. The van der Waals surface area contributed by atoms with Gasteiger partial charge in [0.2, 0.25) is 0 Å². The predicted molar refractivity (Wildman–Crippen MR) is 82.6 cm³/mol. The zero-order valence-corrected chi connectivity index (χ0v) is 13.2. The summed E-state index contributed by atoms with van der Waals surface area (Å²) in [7, 11) is 0. The number of hydrogen-bond acceptors (Lipinski definition) is 3. The van der Waals surface area contributed by atoms with Crippen LogP contribution < -0.4 is 5.32 Å². The number of nitrogens with one attached hydrogen (secondary N) is 1. The molecule has 0 aliphatic heterocycles. The van der Waals surface area contributed by atoms with E-state index in [9.17, 15) is 0 Å². The van der Waals surface area contributed by atoms with Gasteiger partial charge in [-0.1, -0.05) is 52.7 Å². The van der Waals surface area contributed by atoms with Crippen molar-refractivity contribution in [2.24, 2.45) is 0 Å². The number of aromatic nitrogens is 2. The summed E-state index contributed by atoms with van der Waals surface area (Å²) in [5.74, 6) is 1.55. The fourth-order valence-corrected chi connectivity index (χ4v) is 2.30. The van der Waals surface area contributed by atoms with Gasteiger partial charge in [0.15, 0.2) is 0 Å². The first-order chi connectivity index (χ1) is 9.11. The molecule has 1 N–H and O–H groups in total. The maximum Gasteiger partial charge on any atom is 0.137 e. The van der Waals surface area contributed by atoms with Crippen LogP contribution in [-0.2, 0) is 13.0 Å². The minimum atomic E-state index is 0.515. The van der Waals surface area contributed by atoms with Crippen LogP contribution in [0.2, 0.25) is 5.15 Å². The second-order valence-corrected chi connectivity index (χ2v) is 5.42. The zero-order valence-electron chi connectivity index (χ0n) is 10.9. The highest BCUT2D eigenvalue weighted by Gasteiger charge is 2.08. The molecule has 0 aliphatic carbocycles. The monoisotopic (exact) mass is 339 g/mol. The summed E-state index contributed by atoms with van der Waals surface area (Å²) in [6.45, 7) is 4.63. The van der Waals surface area contributed by atoms with E-state index in [0.717, 1.165) is 28.1 Å². The minimum Gasteiger partial charge on any atom is -0.366 e. The van der Waals surface area contributed by atoms with E-state index < -0.39 is 0 Å². The molecule has 19 heavy (non-hydrogen) atoms. The van der Waals surface area contributed by atoms with Gasteiger partial charge in [-0.05, 0) is 18.6 Å². The molecule has 0 aliphatic rings. The van der Waals surface area contributed by atoms with Crippen molar-refractivity contribution in [2.75, 3.05) is 5.32 Å². The number of halogens is 2. The smallest absolute Gasteiger partial charge is 0.137 e. The fraction of sp³-hybridized carbons (Fsp3) is 0.286. The van der Waals surface area contributed by atoms with Gasteiger partial charge in [0.05, 0.1) is 0 Å². The standard InChI is InChI=1S/C14H15BrClN3/c1-3-12-18-13(16)9(2)14(19-12)17-8-10-6-4-5-7-11(10)15/h4-7H,3,8H2,1-2H3,(H,17,18,19). The molecule has 2 rings (SSSR count). The van der Waals surface area contributed by atoms with Crippen molar-refractivity contribution in [3.05, 3.63) is 50.8 Å². The van der Waals surface area contributed by atoms with Crippen molar-refractivity contribution in [3.8, 4) is 0 Å². The van der Waals surface area contributed by atoms with Crippen LogP contribution in [0.5, 0.6) is 0 Å². The van der Waals surface area contributed by atoms with Gasteiger partial charge in [0.1, 0.15) is 16.8 Å². The van der Waals surface area contributed by atoms with Crippen molar-refractivity contribution < 1.29 is 0 Å². The third kappa shape index (κ3) is 3.45. The Balaban J connectivity index is 2.20. The molecule has 0 saturated heterocycles. The topological polar surface area (TPSA) is 37.8 Å². The van der Waals surface area contributed by atoms with Crippen molar-refractivity contribution in [1.82, 2.24) is 9.97 Å². The molecule has 0 spiro atoms. The van der Waals surface area contributed by atoms with Crippen LogP contribution in [0.3, 0.4) is 0 Å². The van der Waals surface area contributed by atoms with Gasteiger partial charge in [0, 0.05) is 23.0 Å². The maximum atomic E-state index is 6.11. The number of aryl methyl sites for hydroxylation is 1. The number of anilines is 1. The van der Waals surface area contributed by atoms with Gasteiger partial charge >= 0.3 is 0 Å². The Kier molecular flexibility index (Phi) is 4.77. The molecular formula is C14H15BrClN3. The Hall–Kier alpha value is -1.13. The van der Waals surface area contributed by atoms with E-state index in [1.54, 1.807) is 0 Å². The Labute approximate surface area is 126 Å². The second kappa shape index (κ2) is 6.35. The van der Waals surface area contributed by atoms with Gasteiger partial charge in [-0.3, -0.25) is 0 Å². The van der Waals surface area contributed by atoms with E-state index in [1.807, 2.05) is 32.0 Å². The van der Waals surface area contributed by atoms with E-state index in [1.165, 1.54) is 5.56 Å². The molecule has 5 heteroatoms. The molecule has 0 radical (unpaired) electrons. The van der Waals surface area contributed by atoms with Crippen LogP contribution in [0.25, 0.3) is 0 Å². The van der Waals surface area contributed by atoms with Crippen LogP contribution in [-0.4, -0.2) is 9.97 Å². The van der Waals surface area contributed by atoms with Gasteiger partial charge in [-0.25, -0.2) is 9.97 Å². The summed E-state index contributed by atoms with van der Waals surface area (Å²) < 4.78 is 1.08. The molecule has 2 aromatic rings. The van der Waals surface area contributed by atoms with Crippen LogP contribution in [0.1, 0.15) is 23.9 Å². The minimum absolute atomic E-state index is 0.515. The highest BCUT2D eigenvalue weighted by Crippen LogP contribution is 2.22. The number of nitrogens with zero attached hydrogens (tertiary/aromatic N) is 2. The van der Waals surface area contributed by atoms with Gasteiger partial charge in [-0.2, -0.15) is 0 Å². The van der Waals surface area contributed by atoms with Crippen molar-refractivity contribution in [1.29, 1.82) is 0 Å². The zero-order chi connectivity index (χ0) is 13.8. The first kappa shape index (κ1) is 14.3. The third-order valence-electron chi connectivity index (χ3n) is 2.85. The Morgan fingerprint density at radius 3 is 2.68 bits per heavy atom. The molecule has 0 unspecified atom stereocenters. The predicted octanol–water partition coefficient (Wildman–Crippen LogP) is 4.38. The Morgan fingerprint density at radius 2 is 2.00 bits per heavy atom. The van der Waals surface area contributed by atoms with E-state index in [2.05, 4.69) is 37.3 Å². The fourth-order valence-electron chi connectivity index (χ4n) is 1.68. The summed E-state index contributed by atoms with van der Waals surface area (Å²) >= 11 is 9.64. The third-order valence-corrected chi connectivity index (χ3v) is 3.99. The molecule has 100 valence electrons. The molecular weight excluding hydrogens is 326 g/mol. The SMILES string of the molecule is CCc1nc(Cl)c(C)c(NCc2ccccc2Br)n1. The number of rotatable bonds is 4. The van der Waals surface area contributed by atoms with Crippen LogP contribution in [0, 0.1) is 6.92 Å². The quantitative estimate of drug-likeness (QED) is 0.840. The normalized spacial score (nSPS) is 10.5. The lowest BCUT2D eigenvalue weighted by molar-refractivity contribution is 0.922. The van der Waals surface area contributed by atoms with E-state index in [0.29, 0.717) is 11.7 Å². The van der Waals surface area contributed by atoms with E-state index in [4.69, 9.17) is 11.6 Å². The van der Waals surface area contributed by atoms with E-state index in [-0.39, 0.29) is 0 Å². The highest BCUT2D eigenvalue weighted by molar-refractivity contribution is 9.10. The summed E-state index contributed by atoms with van der Waals surface area (Å²) in [6, 6.07) is 8.10. The highest BCUT2D eigenvalue weighted by atomic mass is 79.9. The molecule has 3 nitrogen and oxygen atoms in total. The number of benzene rings is 1. The van der Waals surface area contributed by atoms with Crippen LogP contribution >= 0.6 is 27.5 Å².